The first kappa shape index (κ1) is 12.2. The van der Waals surface area contributed by atoms with Gasteiger partial charge in [0.1, 0.15) is 0 Å². The van der Waals surface area contributed by atoms with E-state index < -0.39 is 0 Å². The van der Waals surface area contributed by atoms with E-state index >= 15 is 0 Å². The second kappa shape index (κ2) is 6.55. The molecule has 5 nitrogen and oxygen atoms in total. The summed E-state index contributed by atoms with van der Waals surface area (Å²) in [7, 11) is 4.07. The summed E-state index contributed by atoms with van der Waals surface area (Å²) in [5.74, 6) is 0. The fourth-order valence-corrected chi connectivity index (χ4v) is 1.23. The molecule has 0 bridgehead atoms. The number of ether oxygens (including phenoxy) is 1. The summed E-state index contributed by atoms with van der Waals surface area (Å²) in [5, 5.41) is 0. The Bertz CT molecular complexity index is 272. The number of aromatic nitrogens is 2. The maximum atomic E-state index is 5.56. The SMILES string of the molecule is CN(C)CCOCCn1cncc1CN. The second-order valence-corrected chi connectivity index (χ2v) is 3.70. The lowest BCUT2D eigenvalue weighted by Crippen LogP contribution is -2.19. The normalized spacial score (nSPS) is 11.2. The van der Waals surface area contributed by atoms with Crippen LogP contribution in [0, 0.1) is 0 Å². The summed E-state index contributed by atoms with van der Waals surface area (Å²) in [4.78, 5) is 6.14. The third kappa shape index (κ3) is 4.42. The Morgan fingerprint density at radius 1 is 1.47 bits per heavy atom. The van der Waals surface area contributed by atoms with Gasteiger partial charge in [-0.15, -0.1) is 0 Å². The molecule has 0 saturated carbocycles. The van der Waals surface area contributed by atoms with Crippen LogP contribution in [0.25, 0.3) is 0 Å². The number of hydrogen-bond donors (Lipinski definition) is 1. The van der Waals surface area contributed by atoms with Crippen LogP contribution in [0.3, 0.4) is 0 Å². The second-order valence-electron chi connectivity index (χ2n) is 3.70. The van der Waals surface area contributed by atoms with Crippen molar-refractivity contribution >= 4 is 0 Å². The summed E-state index contributed by atoms with van der Waals surface area (Å²) in [6.07, 6.45) is 3.58. The first-order valence-electron chi connectivity index (χ1n) is 5.15. The lowest BCUT2D eigenvalue weighted by molar-refractivity contribution is 0.110. The Morgan fingerprint density at radius 3 is 2.93 bits per heavy atom. The molecular weight excluding hydrogens is 192 g/mol. The van der Waals surface area contributed by atoms with E-state index in [0.29, 0.717) is 13.2 Å². The van der Waals surface area contributed by atoms with E-state index in [4.69, 9.17) is 10.5 Å². The Balaban J connectivity index is 2.15. The van der Waals surface area contributed by atoms with Crippen LogP contribution in [0.1, 0.15) is 5.69 Å². The molecule has 1 aromatic heterocycles. The van der Waals surface area contributed by atoms with Crippen molar-refractivity contribution in [3.63, 3.8) is 0 Å². The summed E-state index contributed by atoms with van der Waals surface area (Å²) in [6.45, 7) is 3.77. The molecule has 0 aliphatic heterocycles. The van der Waals surface area contributed by atoms with Gasteiger partial charge < -0.3 is 19.9 Å². The van der Waals surface area contributed by atoms with Crippen LogP contribution in [0.2, 0.25) is 0 Å². The van der Waals surface area contributed by atoms with Gasteiger partial charge in [-0.2, -0.15) is 0 Å². The Hall–Kier alpha value is -0.910. The summed E-state index contributed by atoms with van der Waals surface area (Å²) >= 11 is 0. The zero-order chi connectivity index (χ0) is 11.1. The number of imidazole rings is 1. The molecule has 1 heterocycles. The standard InChI is InChI=1S/C10H20N4O/c1-13(2)3-5-15-6-4-14-9-12-8-10(14)7-11/h8-9H,3-7,11H2,1-2H3. The number of nitrogens with zero attached hydrogens (tertiary/aromatic N) is 3. The number of likely N-dealkylation sites (N-methyl/N-ethyl adjacent to an activating group) is 1. The highest BCUT2D eigenvalue weighted by atomic mass is 16.5. The van der Waals surface area contributed by atoms with Crippen molar-refractivity contribution in [2.45, 2.75) is 13.1 Å². The molecule has 0 atom stereocenters. The molecular formula is C10H20N4O. The molecule has 0 amide bonds. The summed E-state index contributed by atoms with van der Waals surface area (Å²) < 4.78 is 7.51. The van der Waals surface area contributed by atoms with E-state index in [0.717, 1.165) is 25.4 Å². The molecule has 2 N–H and O–H groups in total. The maximum absolute atomic E-state index is 5.56. The smallest absolute Gasteiger partial charge is 0.0949 e. The predicted molar refractivity (Wildman–Crippen MR) is 59.5 cm³/mol. The monoisotopic (exact) mass is 212 g/mol. The highest BCUT2D eigenvalue weighted by molar-refractivity contribution is 4.96. The van der Waals surface area contributed by atoms with E-state index in [1.165, 1.54) is 0 Å². The van der Waals surface area contributed by atoms with Crippen molar-refractivity contribution in [3.05, 3.63) is 18.2 Å². The third-order valence-electron chi connectivity index (χ3n) is 2.17. The van der Waals surface area contributed by atoms with E-state index in [2.05, 4.69) is 9.88 Å². The van der Waals surface area contributed by atoms with Crippen LogP contribution >= 0.6 is 0 Å². The fourth-order valence-electron chi connectivity index (χ4n) is 1.23. The van der Waals surface area contributed by atoms with Gasteiger partial charge in [-0.05, 0) is 14.1 Å². The van der Waals surface area contributed by atoms with Gasteiger partial charge in [0.15, 0.2) is 0 Å². The third-order valence-corrected chi connectivity index (χ3v) is 2.17. The minimum Gasteiger partial charge on any atom is -0.378 e. The Morgan fingerprint density at radius 2 is 2.27 bits per heavy atom. The lowest BCUT2D eigenvalue weighted by Gasteiger charge is -2.10. The van der Waals surface area contributed by atoms with Crippen LogP contribution in [0.15, 0.2) is 12.5 Å². The van der Waals surface area contributed by atoms with E-state index in [1.54, 1.807) is 12.5 Å². The van der Waals surface area contributed by atoms with Gasteiger partial charge in [-0.3, -0.25) is 0 Å². The highest BCUT2D eigenvalue weighted by Crippen LogP contribution is 1.97. The molecule has 0 fully saturated rings. The molecule has 0 aromatic carbocycles. The van der Waals surface area contributed by atoms with Gasteiger partial charge in [-0.1, -0.05) is 0 Å². The molecule has 1 aromatic rings. The van der Waals surface area contributed by atoms with Crippen LogP contribution in [0.5, 0.6) is 0 Å². The molecule has 0 radical (unpaired) electrons. The van der Waals surface area contributed by atoms with Crippen molar-refractivity contribution in [1.29, 1.82) is 0 Å². The summed E-state index contributed by atoms with van der Waals surface area (Å²) in [5.41, 5.74) is 6.60. The van der Waals surface area contributed by atoms with Crippen molar-refractivity contribution < 1.29 is 4.74 Å². The molecule has 0 aliphatic carbocycles. The van der Waals surface area contributed by atoms with E-state index in [-0.39, 0.29) is 0 Å². The van der Waals surface area contributed by atoms with Gasteiger partial charge in [0.2, 0.25) is 0 Å². The topological polar surface area (TPSA) is 56.3 Å². The molecule has 1 rings (SSSR count). The van der Waals surface area contributed by atoms with Crippen LogP contribution < -0.4 is 5.73 Å². The number of nitrogens with two attached hydrogens (primary N) is 1. The summed E-state index contributed by atoms with van der Waals surface area (Å²) in [6, 6.07) is 0. The van der Waals surface area contributed by atoms with E-state index in [9.17, 15) is 0 Å². The lowest BCUT2D eigenvalue weighted by atomic mass is 10.4. The first-order valence-corrected chi connectivity index (χ1v) is 5.15. The Kier molecular flexibility index (Phi) is 5.31. The van der Waals surface area contributed by atoms with Crippen molar-refractivity contribution in [2.75, 3.05) is 33.9 Å². The molecule has 15 heavy (non-hydrogen) atoms. The zero-order valence-electron chi connectivity index (χ0n) is 9.52. The maximum Gasteiger partial charge on any atom is 0.0949 e. The minimum atomic E-state index is 0.525. The largest absolute Gasteiger partial charge is 0.378 e. The molecule has 0 aliphatic rings. The molecule has 0 spiro atoms. The van der Waals surface area contributed by atoms with Gasteiger partial charge in [0.25, 0.3) is 0 Å². The number of rotatable bonds is 7. The van der Waals surface area contributed by atoms with E-state index in [1.807, 2.05) is 18.7 Å². The molecule has 0 unspecified atom stereocenters. The molecule has 5 heteroatoms. The quantitative estimate of drug-likeness (QED) is 0.642. The Labute approximate surface area is 90.8 Å². The molecule has 0 saturated heterocycles. The first-order chi connectivity index (χ1) is 7.24. The predicted octanol–water partition coefficient (Wildman–Crippen LogP) is -0.0800. The van der Waals surface area contributed by atoms with Gasteiger partial charge in [0, 0.05) is 25.8 Å². The van der Waals surface area contributed by atoms with Gasteiger partial charge in [-0.25, -0.2) is 4.98 Å². The number of hydrogen-bond acceptors (Lipinski definition) is 4. The highest BCUT2D eigenvalue weighted by Gasteiger charge is 1.99. The zero-order valence-corrected chi connectivity index (χ0v) is 9.52. The van der Waals surface area contributed by atoms with Crippen LogP contribution in [-0.4, -0.2) is 48.3 Å². The average Bonchev–Trinajstić information content (AvgIpc) is 2.64. The molecule has 86 valence electrons. The van der Waals surface area contributed by atoms with Crippen molar-refractivity contribution in [2.24, 2.45) is 5.73 Å². The van der Waals surface area contributed by atoms with Gasteiger partial charge >= 0.3 is 0 Å². The van der Waals surface area contributed by atoms with Crippen LogP contribution in [-0.2, 0) is 17.8 Å². The minimum absolute atomic E-state index is 0.525. The van der Waals surface area contributed by atoms with Crippen molar-refractivity contribution in [1.82, 2.24) is 14.5 Å². The van der Waals surface area contributed by atoms with Crippen LogP contribution in [0.4, 0.5) is 0 Å². The fraction of sp³-hybridized carbons (Fsp3) is 0.700. The average molecular weight is 212 g/mol. The van der Waals surface area contributed by atoms with Crippen molar-refractivity contribution in [3.8, 4) is 0 Å². The van der Waals surface area contributed by atoms with Gasteiger partial charge in [0.05, 0.1) is 25.2 Å².